The van der Waals surface area contributed by atoms with E-state index in [-0.39, 0.29) is 0 Å². The van der Waals surface area contributed by atoms with Gasteiger partial charge in [0.25, 0.3) is 0 Å². The van der Waals surface area contributed by atoms with Crippen molar-refractivity contribution >= 4 is 11.3 Å². The van der Waals surface area contributed by atoms with Crippen molar-refractivity contribution in [2.45, 2.75) is 51.5 Å². The van der Waals surface area contributed by atoms with Gasteiger partial charge in [-0.15, -0.1) is 0 Å². The van der Waals surface area contributed by atoms with E-state index < -0.39 is 0 Å². The Balaban J connectivity index is 2.14. The van der Waals surface area contributed by atoms with Crippen LogP contribution in [0.3, 0.4) is 0 Å². The summed E-state index contributed by atoms with van der Waals surface area (Å²) in [4.78, 5) is 0. The lowest BCUT2D eigenvalue weighted by atomic mass is 9.66. The zero-order chi connectivity index (χ0) is 10.9. The molecule has 1 nitrogen and oxygen atoms in total. The minimum atomic E-state index is 0.397. The van der Waals surface area contributed by atoms with E-state index in [1.807, 2.05) is 0 Å². The molecular weight excluding hydrogens is 202 g/mol. The summed E-state index contributed by atoms with van der Waals surface area (Å²) < 4.78 is 0. The SMILES string of the molecule is CCC1(C)CC(N)CC(c2ccsc2)C1. The molecule has 3 unspecified atom stereocenters. The Morgan fingerprint density at radius 3 is 2.93 bits per heavy atom. The first-order valence-corrected chi connectivity index (χ1v) is 6.85. The minimum Gasteiger partial charge on any atom is -0.328 e. The maximum atomic E-state index is 6.19. The molecule has 1 heterocycles. The van der Waals surface area contributed by atoms with Gasteiger partial charge in [-0.3, -0.25) is 0 Å². The molecule has 1 aliphatic rings. The fraction of sp³-hybridized carbons (Fsp3) is 0.692. The lowest BCUT2D eigenvalue weighted by molar-refractivity contribution is 0.167. The maximum absolute atomic E-state index is 6.19. The number of hydrogen-bond acceptors (Lipinski definition) is 2. The second kappa shape index (κ2) is 4.26. The molecule has 2 N–H and O–H groups in total. The third-order valence-electron chi connectivity index (χ3n) is 3.95. The van der Waals surface area contributed by atoms with Crippen molar-refractivity contribution in [2.24, 2.45) is 11.1 Å². The highest BCUT2D eigenvalue weighted by Gasteiger charge is 2.35. The minimum absolute atomic E-state index is 0.397. The predicted octanol–water partition coefficient (Wildman–Crippen LogP) is 3.76. The van der Waals surface area contributed by atoms with E-state index >= 15 is 0 Å². The van der Waals surface area contributed by atoms with E-state index in [0.29, 0.717) is 17.4 Å². The fourth-order valence-electron chi connectivity index (χ4n) is 2.89. The summed E-state index contributed by atoms with van der Waals surface area (Å²) in [6, 6.07) is 2.66. The molecule has 3 atom stereocenters. The number of nitrogens with two attached hydrogens (primary N) is 1. The number of thiophene rings is 1. The molecule has 0 bridgehead atoms. The highest BCUT2D eigenvalue weighted by atomic mass is 32.1. The van der Waals surface area contributed by atoms with E-state index in [9.17, 15) is 0 Å². The van der Waals surface area contributed by atoms with E-state index in [1.54, 1.807) is 11.3 Å². The van der Waals surface area contributed by atoms with Crippen molar-refractivity contribution in [1.82, 2.24) is 0 Å². The van der Waals surface area contributed by atoms with E-state index in [1.165, 1.54) is 31.2 Å². The van der Waals surface area contributed by atoms with Gasteiger partial charge in [-0.05, 0) is 53.0 Å². The molecule has 1 aromatic heterocycles. The molecule has 0 saturated heterocycles. The fourth-order valence-corrected chi connectivity index (χ4v) is 3.64. The van der Waals surface area contributed by atoms with Crippen molar-refractivity contribution < 1.29 is 0 Å². The standard InChI is InChI=1S/C13H21NS/c1-3-13(2)7-11(6-12(14)8-13)10-4-5-15-9-10/h4-5,9,11-12H,3,6-8,14H2,1-2H3. The highest BCUT2D eigenvalue weighted by Crippen LogP contribution is 2.45. The topological polar surface area (TPSA) is 26.0 Å². The molecule has 0 aromatic carbocycles. The summed E-state index contributed by atoms with van der Waals surface area (Å²) >= 11 is 1.80. The van der Waals surface area contributed by atoms with Crippen LogP contribution >= 0.6 is 11.3 Å². The van der Waals surface area contributed by atoms with Crippen LogP contribution in [0.2, 0.25) is 0 Å². The lowest BCUT2D eigenvalue weighted by Gasteiger charge is -2.40. The molecule has 0 aliphatic heterocycles. The predicted molar refractivity (Wildman–Crippen MR) is 67.3 cm³/mol. The Labute approximate surface area is 96.7 Å². The second-order valence-corrected chi connectivity index (χ2v) is 6.10. The zero-order valence-electron chi connectivity index (χ0n) is 9.70. The summed E-state index contributed by atoms with van der Waals surface area (Å²) in [5.74, 6) is 0.699. The number of hydrogen-bond donors (Lipinski definition) is 1. The summed E-state index contributed by atoms with van der Waals surface area (Å²) in [5, 5.41) is 4.47. The molecule has 15 heavy (non-hydrogen) atoms. The lowest BCUT2D eigenvalue weighted by Crippen LogP contribution is -2.37. The van der Waals surface area contributed by atoms with Crippen LogP contribution in [0.25, 0.3) is 0 Å². The van der Waals surface area contributed by atoms with E-state index in [4.69, 9.17) is 5.73 Å². The molecular formula is C13H21NS. The Hall–Kier alpha value is -0.340. The van der Waals surface area contributed by atoms with Gasteiger partial charge in [0.05, 0.1) is 0 Å². The normalized spacial score (nSPS) is 36.7. The van der Waals surface area contributed by atoms with Gasteiger partial charge in [-0.25, -0.2) is 0 Å². The van der Waals surface area contributed by atoms with Gasteiger partial charge >= 0.3 is 0 Å². The van der Waals surface area contributed by atoms with Crippen LogP contribution in [0.1, 0.15) is 51.0 Å². The first-order valence-electron chi connectivity index (χ1n) is 5.90. The van der Waals surface area contributed by atoms with Crippen molar-refractivity contribution in [3.05, 3.63) is 22.4 Å². The van der Waals surface area contributed by atoms with Crippen molar-refractivity contribution in [1.29, 1.82) is 0 Å². The average Bonchev–Trinajstić information content (AvgIpc) is 2.69. The Kier molecular flexibility index (Phi) is 3.17. The quantitative estimate of drug-likeness (QED) is 0.811. The molecule has 2 heteroatoms. The molecule has 0 radical (unpaired) electrons. The molecule has 0 spiro atoms. The molecule has 0 amide bonds. The molecule has 1 saturated carbocycles. The van der Waals surface area contributed by atoms with Gasteiger partial charge in [0.15, 0.2) is 0 Å². The second-order valence-electron chi connectivity index (χ2n) is 5.32. The Morgan fingerprint density at radius 1 is 1.53 bits per heavy atom. The average molecular weight is 223 g/mol. The molecule has 1 aromatic rings. The maximum Gasteiger partial charge on any atom is 0.00498 e. The number of rotatable bonds is 2. The highest BCUT2D eigenvalue weighted by molar-refractivity contribution is 7.07. The molecule has 1 fully saturated rings. The summed E-state index contributed by atoms with van der Waals surface area (Å²) in [6.45, 7) is 4.69. The van der Waals surface area contributed by atoms with Crippen molar-refractivity contribution in [2.75, 3.05) is 0 Å². The van der Waals surface area contributed by atoms with E-state index in [0.717, 1.165) is 0 Å². The summed E-state index contributed by atoms with van der Waals surface area (Å²) in [7, 11) is 0. The molecule has 84 valence electrons. The zero-order valence-corrected chi connectivity index (χ0v) is 10.5. The van der Waals surface area contributed by atoms with Crippen molar-refractivity contribution in [3.8, 4) is 0 Å². The van der Waals surface area contributed by atoms with Crippen molar-refractivity contribution in [3.63, 3.8) is 0 Å². The first-order chi connectivity index (χ1) is 7.13. The van der Waals surface area contributed by atoms with Gasteiger partial charge in [-0.2, -0.15) is 11.3 Å². The van der Waals surface area contributed by atoms with Crippen LogP contribution in [-0.4, -0.2) is 6.04 Å². The van der Waals surface area contributed by atoms with Crippen LogP contribution in [0.15, 0.2) is 16.8 Å². The molecule has 2 rings (SSSR count). The van der Waals surface area contributed by atoms with E-state index in [2.05, 4.69) is 30.7 Å². The van der Waals surface area contributed by atoms with Gasteiger partial charge in [0.2, 0.25) is 0 Å². The molecule has 1 aliphatic carbocycles. The summed E-state index contributed by atoms with van der Waals surface area (Å²) in [5.41, 5.74) is 8.16. The van der Waals surface area contributed by atoms with Gasteiger partial charge < -0.3 is 5.73 Å². The van der Waals surface area contributed by atoms with Gasteiger partial charge in [0, 0.05) is 6.04 Å². The van der Waals surface area contributed by atoms with Crippen LogP contribution in [0, 0.1) is 5.41 Å². The first kappa shape index (κ1) is 11.2. The monoisotopic (exact) mass is 223 g/mol. The Morgan fingerprint density at radius 2 is 2.33 bits per heavy atom. The Bertz CT molecular complexity index is 306. The van der Waals surface area contributed by atoms with Crippen LogP contribution in [0.5, 0.6) is 0 Å². The van der Waals surface area contributed by atoms with Crippen LogP contribution < -0.4 is 5.73 Å². The summed E-state index contributed by atoms with van der Waals surface area (Å²) in [6.07, 6.45) is 4.94. The van der Waals surface area contributed by atoms with Crippen LogP contribution in [-0.2, 0) is 0 Å². The third-order valence-corrected chi connectivity index (χ3v) is 4.65. The van der Waals surface area contributed by atoms with Crippen LogP contribution in [0.4, 0.5) is 0 Å². The largest absolute Gasteiger partial charge is 0.328 e. The van der Waals surface area contributed by atoms with Gasteiger partial charge in [-0.1, -0.05) is 20.3 Å². The smallest absolute Gasteiger partial charge is 0.00498 e. The third kappa shape index (κ3) is 2.43. The van der Waals surface area contributed by atoms with Gasteiger partial charge in [0.1, 0.15) is 0 Å².